The van der Waals surface area contributed by atoms with Gasteiger partial charge in [0.25, 0.3) is 0 Å². The number of thiazole rings is 1. The number of aromatic nitrogens is 1. The number of aryl methyl sites for hydroxylation is 2. The van der Waals surface area contributed by atoms with E-state index in [9.17, 15) is 13.2 Å². The molecule has 0 saturated carbocycles. The predicted molar refractivity (Wildman–Crippen MR) is 129 cm³/mol. The van der Waals surface area contributed by atoms with Crippen molar-refractivity contribution in [3.8, 4) is 10.6 Å². The first kappa shape index (κ1) is 23.5. The first-order valence-electron chi connectivity index (χ1n) is 9.88. The topological polar surface area (TPSA) is 37.6 Å². The van der Waals surface area contributed by atoms with E-state index in [1.54, 1.807) is 17.8 Å². The second-order valence-electron chi connectivity index (χ2n) is 7.20. The van der Waals surface area contributed by atoms with Crippen LogP contribution in [0.15, 0.2) is 34.3 Å². The molecule has 1 heterocycles. The minimum atomic E-state index is -4.29. The van der Waals surface area contributed by atoms with E-state index in [4.69, 9.17) is 0 Å². The number of aliphatic imine (C=N–C) groups is 2. The van der Waals surface area contributed by atoms with E-state index < -0.39 is 12.6 Å². The molecule has 164 valence electrons. The Morgan fingerprint density at radius 3 is 2.65 bits per heavy atom. The highest BCUT2D eigenvalue weighted by Gasteiger charge is 2.29. The third-order valence-electron chi connectivity index (χ3n) is 4.74. The molecule has 0 radical (unpaired) electrons. The average Bonchev–Trinajstić information content (AvgIpc) is 3.14. The van der Waals surface area contributed by atoms with Crippen molar-refractivity contribution in [1.82, 2.24) is 4.98 Å². The molecule has 0 aliphatic carbocycles. The van der Waals surface area contributed by atoms with E-state index in [-0.39, 0.29) is 5.56 Å². The molecule has 0 aliphatic rings. The Morgan fingerprint density at radius 2 is 2.00 bits per heavy atom. The molecule has 0 saturated heterocycles. The van der Waals surface area contributed by atoms with Gasteiger partial charge in [-0.05, 0) is 73.4 Å². The van der Waals surface area contributed by atoms with Crippen LogP contribution in [0.5, 0.6) is 0 Å². The van der Waals surface area contributed by atoms with E-state index in [0.29, 0.717) is 28.3 Å². The van der Waals surface area contributed by atoms with Gasteiger partial charge in [-0.3, -0.25) is 9.98 Å². The molecule has 8 heteroatoms. The summed E-state index contributed by atoms with van der Waals surface area (Å²) < 4.78 is 40.3. The standard InChI is InChI=1S/C23H24F3N3S2/c1-5-15-11-16(13-23(24,25)26)20-19(12-15)31-22(29-20)17-9-14(2)10-18(27-3)21(17)28-7-6-8-30-4/h7,9-12H,3,5-6,8,13H2,1-2,4H3. The van der Waals surface area contributed by atoms with Crippen LogP contribution in [0, 0.1) is 6.92 Å². The number of nitrogens with zero attached hydrogens (tertiary/aromatic N) is 3. The highest BCUT2D eigenvalue weighted by molar-refractivity contribution is 7.98. The van der Waals surface area contributed by atoms with Gasteiger partial charge in [0.15, 0.2) is 0 Å². The van der Waals surface area contributed by atoms with Crippen LogP contribution in [0.2, 0.25) is 0 Å². The van der Waals surface area contributed by atoms with Crippen molar-refractivity contribution in [3.63, 3.8) is 0 Å². The molecule has 2 aromatic carbocycles. The molecule has 3 nitrogen and oxygen atoms in total. The van der Waals surface area contributed by atoms with Gasteiger partial charge in [0, 0.05) is 11.8 Å². The maximum atomic E-state index is 13.2. The molecule has 0 atom stereocenters. The van der Waals surface area contributed by atoms with E-state index in [1.807, 2.05) is 44.5 Å². The van der Waals surface area contributed by atoms with E-state index in [0.717, 1.165) is 33.6 Å². The third kappa shape index (κ3) is 5.74. The Hall–Kier alpha value is -2.19. The molecule has 3 rings (SSSR count). The number of alkyl halides is 3. The van der Waals surface area contributed by atoms with Crippen molar-refractivity contribution >= 4 is 57.6 Å². The minimum Gasteiger partial charge on any atom is -0.262 e. The van der Waals surface area contributed by atoms with Crippen LogP contribution >= 0.6 is 23.1 Å². The van der Waals surface area contributed by atoms with Crippen molar-refractivity contribution in [3.05, 3.63) is 41.0 Å². The highest BCUT2D eigenvalue weighted by atomic mass is 32.2. The van der Waals surface area contributed by atoms with Crippen LogP contribution in [0.3, 0.4) is 0 Å². The summed E-state index contributed by atoms with van der Waals surface area (Å²) in [5.41, 5.74) is 4.50. The average molecular weight is 464 g/mol. The molecule has 0 N–H and O–H groups in total. The van der Waals surface area contributed by atoms with Gasteiger partial charge < -0.3 is 0 Å². The Bertz CT molecular complexity index is 1120. The summed E-state index contributed by atoms with van der Waals surface area (Å²) in [5.74, 6) is 0.948. The molecular weight excluding hydrogens is 439 g/mol. The number of hydrogen-bond acceptors (Lipinski definition) is 5. The van der Waals surface area contributed by atoms with Crippen LogP contribution in [0.25, 0.3) is 20.8 Å². The molecular formula is C23H24F3N3S2. The van der Waals surface area contributed by atoms with E-state index in [1.165, 1.54) is 11.3 Å². The smallest absolute Gasteiger partial charge is 0.262 e. The largest absolute Gasteiger partial charge is 0.393 e. The Balaban J connectivity index is 2.19. The molecule has 0 amide bonds. The van der Waals surface area contributed by atoms with Gasteiger partial charge in [-0.15, -0.1) is 11.3 Å². The summed E-state index contributed by atoms with van der Waals surface area (Å²) in [6.07, 6.45) is 0.0596. The van der Waals surface area contributed by atoms with Crippen molar-refractivity contribution in [2.45, 2.75) is 39.3 Å². The molecule has 0 fully saturated rings. The lowest BCUT2D eigenvalue weighted by Crippen LogP contribution is -2.12. The maximum Gasteiger partial charge on any atom is 0.393 e. The van der Waals surface area contributed by atoms with Crippen LogP contribution in [0.4, 0.5) is 24.5 Å². The number of benzene rings is 2. The van der Waals surface area contributed by atoms with Gasteiger partial charge in [0.05, 0.1) is 28.0 Å². The van der Waals surface area contributed by atoms with Gasteiger partial charge in [-0.25, -0.2) is 4.98 Å². The SMILES string of the molecule is C=Nc1cc(C)cc(-c2nc3c(CC(F)(F)F)cc(CC)cc3s2)c1N=CCCSC. The number of rotatable bonds is 8. The van der Waals surface area contributed by atoms with Crippen LogP contribution in [-0.4, -0.2) is 36.1 Å². The monoisotopic (exact) mass is 463 g/mol. The number of fused-ring (bicyclic) bond motifs is 1. The number of hydrogen-bond donors (Lipinski definition) is 0. The van der Waals surface area contributed by atoms with Crippen LogP contribution in [-0.2, 0) is 12.8 Å². The molecule has 0 unspecified atom stereocenters. The summed E-state index contributed by atoms with van der Waals surface area (Å²) in [7, 11) is 0. The quantitative estimate of drug-likeness (QED) is 0.253. The zero-order valence-corrected chi connectivity index (χ0v) is 19.3. The fourth-order valence-corrected chi connectivity index (χ4v) is 4.77. The Morgan fingerprint density at radius 1 is 1.23 bits per heavy atom. The van der Waals surface area contributed by atoms with Gasteiger partial charge >= 0.3 is 6.18 Å². The molecule has 0 spiro atoms. The van der Waals surface area contributed by atoms with Crippen LogP contribution < -0.4 is 0 Å². The third-order valence-corrected chi connectivity index (χ3v) is 6.42. The Labute approximate surface area is 188 Å². The first-order chi connectivity index (χ1) is 14.8. The van der Waals surface area contributed by atoms with Crippen LogP contribution in [0.1, 0.15) is 30.0 Å². The Kier molecular flexibility index (Phi) is 7.54. The van der Waals surface area contributed by atoms with Gasteiger partial charge in [-0.1, -0.05) is 13.0 Å². The molecule has 0 bridgehead atoms. The summed E-state index contributed by atoms with van der Waals surface area (Å²) >= 11 is 3.12. The fraction of sp³-hybridized carbons (Fsp3) is 0.348. The molecule has 1 aromatic heterocycles. The van der Waals surface area contributed by atoms with Gasteiger partial charge in [0.2, 0.25) is 0 Å². The minimum absolute atomic E-state index is 0.212. The van der Waals surface area contributed by atoms with Crippen molar-refractivity contribution in [2.75, 3.05) is 12.0 Å². The molecule has 3 aromatic rings. The first-order valence-corrected chi connectivity index (χ1v) is 12.1. The van der Waals surface area contributed by atoms with Crippen molar-refractivity contribution in [2.24, 2.45) is 9.98 Å². The lowest BCUT2D eigenvalue weighted by atomic mass is 10.0. The summed E-state index contributed by atoms with van der Waals surface area (Å²) in [5, 5.41) is 0.636. The second kappa shape index (κ2) is 9.96. The summed E-state index contributed by atoms with van der Waals surface area (Å²) in [6, 6.07) is 7.40. The number of thioether (sulfide) groups is 1. The zero-order chi connectivity index (χ0) is 22.6. The lowest BCUT2D eigenvalue weighted by molar-refractivity contribution is -0.127. The van der Waals surface area contributed by atoms with Crippen molar-refractivity contribution < 1.29 is 13.2 Å². The summed E-state index contributed by atoms with van der Waals surface area (Å²) in [4.78, 5) is 13.4. The van der Waals surface area contributed by atoms with Crippen molar-refractivity contribution in [1.29, 1.82) is 0 Å². The predicted octanol–water partition coefficient (Wildman–Crippen LogP) is 7.73. The van der Waals surface area contributed by atoms with E-state index in [2.05, 4.69) is 21.7 Å². The molecule has 0 aliphatic heterocycles. The van der Waals surface area contributed by atoms with E-state index >= 15 is 0 Å². The highest BCUT2D eigenvalue weighted by Crippen LogP contribution is 2.43. The normalized spacial score (nSPS) is 12.2. The lowest BCUT2D eigenvalue weighted by Gasteiger charge is -2.09. The van der Waals surface area contributed by atoms with Gasteiger partial charge in [-0.2, -0.15) is 24.9 Å². The zero-order valence-electron chi connectivity index (χ0n) is 17.7. The number of halogens is 3. The second-order valence-corrected chi connectivity index (χ2v) is 9.21. The fourth-order valence-electron chi connectivity index (χ4n) is 3.34. The molecule has 31 heavy (non-hydrogen) atoms. The summed E-state index contributed by atoms with van der Waals surface area (Å²) in [6.45, 7) is 7.54. The maximum absolute atomic E-state index is 13.2. The van der Waals surface area contributed by atoms with Gasteiger partial charge in [0.1, 0.15) is 5.01 Å².